The van der Waals surface area contributed by atoms with Gasteiger partial charge in [-0.25, -0.2) is 0 Å². The molecule has 6 heteroatoms. The molecular weight excluding hydrogens is 470 g/mol. The lowest BCUT2D eigenvalue weighted by molar-refractivity contribution is 0.310. The monoisotopic (exact) mass is 481 g/mol. The SMILES string of the molecule is Cc1ccc(CNCCOc2c(Br)cc(Br)cc2Br)s1. The highest BCUT2D eigenvalue weighted by atomic mass is 79.9. The molecule has 0 aliphatic heterocycles. The molecule has 0 atom stereocenters. The number of benzene rings is 1. The van der Waals surface area contributed by atoms with E-state index in [4.69, 9.17) is 4.74 Å². The smallest absolute Gasteiger partial charge is 0.147 e. The zero-order valence-electron chi connectivity index (χ0n) is 10.9. The minimum absolute atomic E-state index is 0.628. The second-order valence-electron chi connectivity index (χ2n) is 4.24. The Labute approximate surface area is 148 Å². The van der Waals surface area contributed by atoms with Crippen molar-refractivity contribution in [3.05, 3.63) is 47.4 Å². The van der Waals surface area contributed by atoms with Crippen molar-refractivity contribution in [2.45, 2.75) is 13.5 Å². The van der Waals surface area contributed by atoms with E-state index in [1.165, 1.54) is 9.75 Å². The predicted molar refractivity (Wildman–Crippen MR) is 95.8 cm³/mol. The van der Waals surface area contributed by atoms with E-state index in [0.29, 0.717) is 6.61 Å². The van der Waals surface area contributed by atoms with Crippen LogP contribution in [0.3, 0.4) is 0 Å². The summed E-state index contributed by atoms with van der Waals surface area (Å²) in [5.41, 5.74) is 0. The Kier molecular flexibility index (Phi) is 6.55. The second kappa shape index (κ2) is 7.94. The van der Waals surface area contributed by atoms with Crippen LogP contribution >= 0.6 is 59.1 Å². The summed E-state index contributed by atoms with van der Waals surface area (Å²) in [5.74, 6) is 0.835. The molecule has 1 heterocycles. The maximum Gasteiger partial charge on any atom is 0.147 e. The van der Waals surface area contributed by atoms with Gasteiger partial charge in [0.2, 0.25) is 0 Å². The maximum absolute atomic E-state index is 5.79. The molecule has 0 aliphatic carbocycles. The molecule has 2 aromatic rings. The van der Waals surface area contributed by atoms with E-state index in [2.05, 4.69) is 72.2 Å². The van der Waals surface area contributed by atoms with Crippen molar-refractivity contribution < 1.29 is 4.74 Å². The lowest BCUT2D eigenvalue weighted by atomic mass is 10.3. The fraction of sp³-hybridized carbons (Fsp3) is 0.286. The zero-order valence-corrected chi connectivity index (χ0v) is 16.5. The molecule has 0 saturated carbocycles. The van der Waals surface area contributed by atoms with Crippen LogP contribution in [0.2, 0.25) is 0 Å². The minimum atomic E-state index is 0.628. The van der Waals surface area contributed by atoms with Crippen LogP contribution in [0.25, 0.3) is 0 Å². The first-order chi connectivity index (χ1) is 9.56. The van der Waals surface area contributed by atoms with Gasteiger partial charge in [0, 0.05) is 27.3 Å². The van der Waals surface area contributed by atoms with E-state index < -0.39 is 0 Å². The second-order valence-corrected chi connectivity index (χ2v) is 8.23. The fourth-order valence-electron chi connectivity index (χ4n) is 1.68. The molecule has 0 radical (unpaired) electrons. The average molecular weight is 484 g/mol. The highest BCUT2D eigenvalue weighted by Crippen LogP contribution is 2.36. The molecule has 1 aromatic heterocycles. The van der Waals surface area contributed by atoms with Crippen LogP contribution in [0.1, 0.15) is 9.75 Å². The summed E-state index contributed by atoms with van der Waals surface area (Å²) < 4.78 is 8.68. The number of aryl methyl sites for hydroxylation is 1. The van der Waals surface area contributed by atoms with Crippen molar-refractivity contribution in [2.24, 2.45) is 0 Å². The van der Waals surface area contributed by atoms with Crippen molar-refractivity contribution in [3.8, 4) is 5.75 Å². The van der Waals surface area contributed by atoms with Gasteiger partial charge >= 0.3 is 0 Å². The van der Waals surface area contributed by atoms with Gasteiger partial charge in [-0.3, -0.25) is 0 Å². The lowest BCUT2D eigenvalue weighted by Crippen LogP contribution is -2.20. The Morgan fingerprint density at radius 2 is 1.85 bits per heavy atom. The molecule has 0 bridgehead atoms. The third kappa shape index (κ3) is 4.84. The number of ether oxygens (including phenoxy) is 1. The van der Waals surface area contributed by atoms with Crippen LogP contribution in [0.5, 0.6) is 5.75 Å². The van der Waals surface area contributed by atoms with E-state index >= 15 is 0 Å². The molecular formula is C14H14Br3NOS. The van der Waals surface area contributed by atoms with Gasteiger partial charge in [-0.05, 0) is 63.0 Å². The first-order valence-electron chi connectivity index (χ1n) is 6.09. The van der Waals surface area contributed by atoms with Gasteiger partial charge in [-0.15, -0.1) is 11.3 Å². The predicted octanol–water partition coefficient (Wildman–Crippen LogP) is 5.51. The number of halogens is 3. The van der Waals surface area contributed by atoms with Crippen molar-refractivity contribution in [1.82, 2.24) is 5.32 Å². The van der Waals surface area contributed by atoms with Gasteiger partial charge in [-0.2, -0.15) is 0 Å². The van der Waals surface area contributed by atoms with Crippen LogP contribution in [0.15, 0.2) is 37.7 Å². The molecule has 0 saturated heterocycles. The molecule has 2 rings (SSSR count). The van der Waals surface area contributed by atoms with Gasteiger partial charge in [0.1, 0.15) is 12.4 Å². The molecule has 0 aliphatic rings. The van der Waals surface area contributed by atoms with Crippen molar-refractivity contribution in [3.63, 3.8) is 0 Å². The van der Waals surface area contributed by atoms with Crippen molar-refractivity contribution >= 4 is 59.1 Å². The highest BCUT2D eigenvalue weighted by Gasteiger charge is 2.07. The quantitative estimate of drug-likeness (QED) is 0.547. The van der Waals surface area contributed by atoms with Crippen molar-refractivity contribution in [2.75, 3.05) is 13.2 Å². The summed E-state index contributed by atoms with van der Waals surface area (Å²) in [5, 5.41) is 3.38. The fourth-order valence-corrected chi connectivity index (χ4v) is 5.03. The van der Waals surface area contributed by atoms with E-state index in [9.17, 15) is 0 Å². The topological polar surface area (TPSA) is 21.3 Å². The molecule has 0 fully saturated rings. The van der Waals surface area contributed by atoms with E-state index in [0.717, 1.165) is 32.3 Å². The van der Waals surface area contributed by atoms with Gasteiger partial charge in [0.05, 0.1) is 8.95 Å². The number of hydrogen-bond acceptors (Lipinski definition) is 3. The van der Waals surface area contributed by atoms with Crippen molar-refractivity contribution in [1.29, 1.82) is 0 Å². The van der Waals surface area contributed by atoms with Crippen LogP contribution in [-0.4, -0.2) is 13.2 Å². The van der Waals surface area contributed by atoms with Gasteiger partial charge in [0.15, 0.2) is 0 Å². The van der Waals surface area contributed by atoms with Crippen LogP contribution in [0.4, 0.5) is 0 Å². The summed E-state index contributed by atoms with van der Waals surface area (Å²) in [6, 6.07) is 8.26. The number of thiophene rings is 1. The van der Waals surface area contributed by atoms with Crippen LogP contribution in [0, 0.1) is 6.92 Å². The van der Waals surface area contributed by atoms with E-state index in [1.54, 1.807) is 0 Å². The Hall–Kier alpha value is 0.120. The molecule has 1 aromatic carbocycles. The lowest BCUT2D eigenvalue weighted by Gasteiger charge is -2.11. The average Bonchev–Trinajstić information content (AvgIpc) is 2.77. The van der Waals surface area contributed by atoms with E-state index in [-0.39, 0.29) is 0 Å². The Bertz CT molecular complexity index is 563. The number of nitrogens with one attached hydrogen (secondary N) is 1. The molecule has 1 N–H and O–H groups in total. The minimum Gasteiger partial charge on any atom is -0.490 e. The summed E-state index contributed by atoms with van der Waals surface area (Å²) in [6.45, 7) is 4.46. The molecule has 0 unspecified atom stereocenters. The molecule has 2 nitrogen and oxygen atoms in total. The first-order valence-corrected chi connectivity index (χ1v) is 9.29. The van der Waals surface area contributed by atoms with Gasteiger partial charge in [-0.1, -0.05) is 15.9 Å². The normalized spacial score (nSPS) is 10.8. The number of hydrogen-bond donors (Lipinski definition) is 1. The molecule has 0 amide bonds. The summed E-state index contributed by atoms with van der Waals surface area (Å²) in [7, 11) is 0. The van der Waals surface area contributed by atoms with Crippen LogP contribution < -0.4 is 10.1 Å². The first kappa shape index (κ1) is 16.5. The highest BCUT2D eigenvalue weighted by molar-refractivity contribution is 9.11. The summed E-state index contributed by atoms with van der Waals surface area (Å²) in [4.78, 5) is 2.70. The molecule has 108 valence electrons. The Morgan fingerprint density at radius 1 is 1.15 bits per heavy atom. The van der Waals surface area contributed by atoms with Gasteiger partial charge < -0.3 is 10.1 Å². The summed E-state index contributed by atoms with van der Waals surface area (Å²) >= 11 is 12.3. The largest absolute Gasteiger partial charge is 0.490 e. The van der Waals surface area contributed by atoms with Crippen LogP contribution in [-0.2, 0) is 6.54 Å². The molecule has 0 spiro atoms. The third-order valence-electron chi connectivity index (χ3n) is 2.58. The Balaban J connectivity index is 1.76. The maximum atomic E-state index is 5.79. The van der Waals surface area contributed by atoms with Gasteiger partial charge in [0.25, 0.3) is 0 Å². The molecule has 20 heavy (non-hydrogen) atoms. The number of rotatable bonds is 6. The Morgan fingerprint density at radius 3 is 2.45 bits per heavy atom. The van der Waals surface area contributed by atoms with E-state index in [1.807, 2.05) is 23.5 Å². The third-order valence-corrected chi connectivity index (χ3v) is 5.22. The zero-order chi connectivity index (χ0) is 14.5. The standard InChI is InChI=1S/C14H14Br3NOS/c1-9-2-3-11(20-9)8-18-4-5-19-14-12(16)6-10(15)7-13(14)17/h2-3,6-7,18H,4-5,8H2,1H3. The summed E-state index contributed by atoms with van der Waals surface area (Å²) in [6.07, 6.45) is 0.